The van der Waals surface area contributed by atoms with Crippen LogP contribution in [0.15, 0.2) is 29.2 Å². The van der Waals surface area contributed by atoms with Gasteiger partial charge in [-0.1, -0.05) is 0 Å². The second kappa shape index (κ2) is 6.69. The molecule has 0 aromatic heterocycles. The second-order valence-electron chi connectivity index (χ2n) is 3.59. The first-order chi connectivity index (χ1) is 8.53. The van der Waals surface area contributed by atoms with Crippen LogP contribution in [-0.2, 0) is 10.0 Å². The van der Waals surface area contributed by atoms with Crippen molar-refractivity contribution in [1.82, 2.24) is 4.72 Å². The first kappa shape index (κ1) is 14.9. The molecule has 0 bridgehead atoms. The molecule has 0 aliphatic heterocycles. The standard InChI is InChI=1S/C11H17NO5S/c1-2-17-10-3-5-11(6-4-10)18(15,16)12-9(7-13)8-14/h3-6,9,12-14H,2,7-8H2,1H3. The number of aliphatic hydroxyl groups excluding tert-OH is 2. The largest absolute Gasteiger partial charge is 0.494 e. The van der Waals surface area contributed by atoms with Crippen molar-refractivity contribution in [2.24, 2.45) is 0 Å². The van der Waals surface area contributed by atoms with Gasteiger partial charge >= 0.3 is 0 Å². The van der Waals surface area contributed by atoms with Gasteiger partial charge in [-0.2, -0.15) is 0 Å². The highest BCUT2D eigenvalue weighted by Crippen LogP contribution is 2.16. The summed E-state index contributed by atoms with van der Waals surface area (Å²) >= 11 is 0. The van der Waals surface area contributed by atoms with Crippen molar-refractivity contribution in [3.8, 4) is 5.75 Å². The highest BCUT2D eigenvalue weighted by molar-refractivity contribution is 7.89. The van der Waals surface area contributed by atoms with Gasteiger partial charge in [0.1, 0.15) is 5.75 Å². The van der Waals surface area contributed by atoms with Crippen molar-refractivity contribution in [3.63, 3.8) is 0 Å². The summed E-state index contributed by atoms with van der Waals surface area (Å²) in [6.07, 6.45) is 0. The molecule has 6 nitrogen and oxygen atoms in total. The van der Waals surface area contributed by atoms with E-state index in [0.717, 1.165) is 0 Å². The molecule has 18 heavy (non-hydrogen) atoms. The summed E-state index contributed by atoms with van der Waals surface area (Å²) in [6.45, 7) is 1.40. The van der Waals surface area contributed by atoms with E-state index in [2.05, 4.69) is 4.72 Å². The lowest BCUT2D eigenvalue weighted by molar-refractivity contribution is 0.185. The molecule has 0 saturated carbocycles. The van der Waals surface area contributed by atoms with Gasteiger partial charge in [-0.3, -0.25) is 0 Å². The van der Waals surface area contributed by atoms with Crippen LogP contribution in [0.2, 0.25) is 0 Å². The molecule has 1 aromatic carbocycles. The number of ether oxygens (including phenoxy) is 1. The molecule has 102 valence electrons. The predicted octanol–water partition coefficient (Wildman–Crippen LogP) is -0.283. The number of sulfonamides is 1. The fraction of sp³-hybridized carbons (Fsp3) is 0.455. The zero-order valence-corrected chi connectivity index (χ0v) is 10.9. The minimum atomic E-state index is -3.74. The Balaban J connectivity index is 2.84. The second-order valence-corrected chi connectivity index (χ2v) is 5.30. The highest BCUT2D eigenvalue weighted by atomic mass is 32.2. The lowest BCUT2D eigenvalue weighted by Crippen LogP contribution is -2.39. The van der Waals surface area contributed by atoms with E-state index in [4.69, 9.17) is 14.9 Å². The summed E-state index contributed by atoms with van der Waals surface area (Å²) in [5.41, 5.74) is 0. The predicted molar refractivity (Wildman–Crippen MR) is 65.9 cm³/mol. The summed E-state index contributed by atoms with van der Waals surface area (Å²) in [7, 11) is -3.74. The summed E-state index contributed by atoms with van der Waals surface area (Å²) in [5, 5.41) is 17.7. The monoisotopic (exact) mass is 275 g/mol. The van der Waals surface area contributed by atoms with Crippen molar-refractivity contribution < 1.29 is 23.4 Å². The molecule has 0 spiro atoms. The lowest BCUT2D eigenvalue weighted by Gasteiger charge is -2.13. The van der Waals surface area contributed by atoms with E-state index >= 15 is 0 Å². The van der Waals surface area contributed by atoms with Crippen molar-refractivity contribution in [3.05, 3.63) is 24.3 Å². The summed E-state index contributed by atoms with van der Waals surface area (Å²) in [4.78, 5) is 0.0536. The lowest BCUT2D eigenvalue weighted by atomic mass is 10.3. The molecule has 1 aromatic rings. The molecule has 1 rings (SSSR count). The minimum absolute atomic E-state index is 0.0536. The molecular weight excluding hydrogens is 258 g/mol. The van der Waals surface area contributed by atoms with Crippen LogP contribution in [0.25, 0.3) is 0 Å². The number of hydrogen-bond donors (Lipinski definition) is 3. The number of hydrogen-bond acceptors (Lipinski definition) is 5. The third kappa shape index (κ3) is 3.95. The fourth-order valence-electron chi connectivity index (χ4n) is 1.30. The smallest absolute Gasteiger partial charge is 0.240 e. The van der Waals surface area contributed by atoms with E-state index in [9.17, 15) is 8.42 Å². The number of benzene rings is 1. The van der Waals surface area contributed by atoms with Crippen LogP contribution in [0.3, 0.4) is 0 Å². The van der Waals surface area contributed by atoms with Crippen LogP contribution in [-0.4, -0.2) is 44.5 Å². The van der Waals surface area contributed by atoms with Gasteiger partial charge in [-0.25, -0.2) is 13.1 Å². The van der Waals surface area contributed by atoms with Crippen LogP contribution in [0.5, 0.6) is 5.75 Å². The maximum absolute atomic E-state index is 11.9. The SMILES string of the molecule is CCOc1ccc(S(=O)(=O)NC(CO)CO)cc1. The fourth-order valence-corrected chi connectivity index (χ4v) is 2.52. The van der Waals surface area contributed by atoms with E-state index in [0.29, 0.717) is 12.4 Å². The Bertz CT molecular complexity index is 453. The van der Waals surface area contributed by atoms with E-state index in [-0.39, 0.29) is 4.90 Å². The van der Waals surface area contributed by atoms with E-state index in [1.807, 2.05) is 6.92 Å². The maximum atomic E-state index is 11.9. The van der Waals surface area contributed by atoms with Crippen molar-refractivity contribution >= 4 is 10.0 Å². The molecule has 0 aliphatic carbocycles. The van der Waals surface area contributed by atoms with Crippen molar-refractivity contribution in [2.45, 2.75) is 17.9 Å². The number of rotatable bonds is 7. The van der Waals surface area contributed by atoms with Crippen LogP contribution >= 0.6 is 0 Å². The van der Waals surface area contributed by atoms with Gasteiger partial charge in [-0.05, 0) is 31.2 Å². The normalized spacial score (nSPS) is 11.8. The molecule has 0 amide bonds. The summed E-state index contributed by atoms with van der Waals surface area (Å²) in [5.74, 6) is 0.581. The quantitative estimate of drug-likeness (QED) is 0.636. The zero-order valence-electron chi connectivity index (χ0n) is 10.0. The van der Waals surface area contributed by atoms with Gasteiger partial charge in [0, 0.05) is 0 Å². The topological polar surface area (TPSA) is 95.9 Å². The first-order valence-corrected chi connectivity index (χ1v) is 6.98. The molecule has 3 N–H and O–H groups in total. The molecule has 0 saturated heterocycles. The first-order valence-electron chi connectivity index (χ1n) is 5.50. The Morgan fingerprint density at radius 2 is 1.78 bits per heavy atom. The van der Waals surface area contributed by atoms with Crippen LogP contribution in [0, 0.1) is 0 Å². The molecule has 0 fully saturated rings. The van der Waals surface area contributed by atoms with E-state index < -0.39 is 29.3 Å². The van der Waals surface area contributed by atoms with Crippen LogP contribution in [0.1, 0.15) is 6.92 Å². The Labute approximate surface area is 106 Å². The van der Waals surface area contributed by atoms with Crippen LogP contribution in [0.4, 0.5) is 0 Å². The Morgan fingerprint density at radius 3 is 2.22 bits per heavy atom. The van der Waals surface area contributed by atoms with Crippen molar-refractivity contribution in [2.75, 3.05) is 19.8 Å². The van der Waals surface area contributed by atoms with Gasteiger partial charge in [0.2, 0.25) is 10.0 Å². The highest BCUT2D eigenvalue weighted by Gasteiger charge is 2.18. The molecule has 0 aliphatic rings. The molecule has 0 unspecified atom stereocenters. The Morgan fingerprint density at radius 1 is 1.22 bits per heavy atom. The zero-order chi connectivity index (χ0) is 13.6. The third-order valence-electron chi connectivity index (χ3n) is 2.21. The van der Waals surface area contributed by atoms with Gasteiger partial charge in [0.15, 0.2) is 0 Å². The molecular formula is C11H17NO5S. The average molecular weight is 275 g/mol. The number of aliphatic hydroxyl groups is 2. The number of nitrogens with one attached hydrogen (secondary N) is 1. The van der Waals surface area contributed by atoms with Gasteiger partial charge < -0.3 is 14.9 Å². The van der Waals surface area contributed by atoms with Gasteiger partial charge in [0.05, 0.1) is 30.8 Å². The Kier molecular flexibility index (Phi) is 5.54. The van der Waals surface area contributed by atoms with Crippen molar-refractivity contribution in [1.29, 1.82) is 0 Å². The van der Waals surface area contributed by atoms with Crippen LogP contribution < -0.4 is 9.46 Å². The molecule has 7 heteroatoms. The molecule has 0 heterocycles. The molecule has 0 radical (unpaired) electrons. The average Bonchev–Trinajstić information content (AvgIpc) is 2.37. The molecule has 0 atom stereocenters. The maximum Gasteiger partial charge on any atom is 0.240 e. The van der Waals surface area contributed by atoms with Gasteiger partial charge in [0.25, 0.3) is 0 Å². The van der Waals surface area contributed by atoms with Gasteiger partial charge in [-0.15, -0.1) is 0 Å². The summed E-state index contributed by atoms with van der Waals surface area (Å²) < 4.78 is 31.1. The Hall–Kier alpha value is -1.15. The van der Waals surface area contributed by atoms with E-state index in [1.54, 1.807) is 12.1 Å². The third-order valence-corrected chi connectivity index (χ3v) is 3.74. The summed E-state index contributed by atoms with van der Waals surface area (Å²) in [6, 6.07) is 5.00. The minimum Gasteiger partial charge on any atom is -0.494 e. The van der Waals surface area contributed by atoms with E-state index in [1.165, 1.54) is 12.1 Å².